The van der Waals surface area contributed by atoms with Crippen molar-refractivity contribution in [2.24, 2.45) is 0 Å². The van der Waals surface area contributed by atoms with Crippen LogP contribution < -0.4 is 15.1 Å². The highest BCUT2D eigenvalue weighted by Crippen LogP contribution is 2.23. The molecule has 0 aliphatic carbocycles. The summed E-state index contributed by atoms with van der Waals surface area (Å²) in [5.41, 5.74) is 4.40. The predicted molar refractivity (Wildman–Crippen MR) is 123 cm³/mol. The van der Waals surface area contributed by atoms with Gasteiger partial charge in [0.2, 0.25) is 0 Å². The van der Waals surface area contributed by atoms with E-state index < -0.39 is 11.9 Å². The number of hydrogen-bond donors (Lipinski definition) is 2. The summed E-state index contributed by atoms with van der Waals surface area (Å²) in [5.74, 6) is -1.55. The number of aryl methyl sites for hydroxylation is 1. The van der Waals surface area contributed by atoms with Gasteiger partial charge in [-0.25, -0.2) is 4.79 Å². The van der Waals surface area contributed by atoms with Crippen LogP contribution in [0.3, 0.4) is 0 Å². The summed E-state index contributed by atoms with van der Waals surface area (Å²) in [6, 6.07) is 22.5. The quantitative estimate of drug-likeness (QED) is 0.651. The van der Waals surface area contributed by atoms with Gasteiger partial charge in [0, 0.05) is 43.2 Å². The number of amides is 1. The second-order valence-electron chi connectivity index (χ2n) is 7.66. The van der Waals surface area contributed by atoms with E-state index in [1.807, 2.05) is 24.3 Å². The highest BCUT2D eigenvalue weighted by Gasteiger charge is 2.18. The first kappa shape index (κ1) is 20.5. The van der Waals surface area contributed by atoms with Gasteiger partial charge in [-0.15, -0.1) is 0 Å². The molecule has 6 heteroatoms. The smallest absolute Gasteiger partial charge is 0.336 e. The van der Waals surface area contributed by atoms with Crippen molar-refractivity contribution < 1.29 is 14.7 Å². The highest BCUT2D eigenvalue weighted by molar-refractivity contribution is 6.10. The molecule has 0 saturated carbocycles. The number of benzene rings is 3. The van der Waals surface area contributed by atoms with Crippen molar-refractivity contribution in [1.82, 2.24) is 0 Å². The summed E-state index contributed by atoms with van der Waals surface area (Å²) in [5, 5.41) is 12.1. The Hall–Kier alpha value is -3.80. The minimum atomic E-state index is -1.12. The third kappa shape index (κ3) is 4.69. The SMILES string of the molecule is Cc1cccc(N2CCN(c3ccc(NC(=O)c4ccccc4C(=O)O)cc3)CC2)c1. The molecule has 2 N–H and O–H groups in total. The van der Waals surface area contributed by atoms with Gasteiger partial charge in [-0.3, -0.25) is 4.79 Å². The van der Waals surface area contributed by atoms with Gasteiger partial charge >= 0.3 is 5.97 Å². The number of anilines is 3. The number of carbonyl (C=O) groups is 2. The Bertz CT molecular complexity index is 1090. The molecule has 0 radical (unpaired) electrons. The third-order valence-electron chi connectivity index (χ3n) is 5.54. The molecule has 1 fully saturated rings. The lowest BCUT2D eigenvalue weighted by Gasteiger charge is -2.37. The fourth-order valence-corrected chi connectivity index (χ4v) is 3.87. The molecule has 1 aliphatic heterocycles. The maximum Gasteiger partial charge on any atom is 0.336 e. The van der Waals surface area contributed by atoms with Gasteiger partial charge in [-0.05, 0) is 61.0 Å². The Kier molecular flexibility index (Phi) is 5.89. The van der Waals surface area contributed by atoms with Crippen LogP contribution in [0.25, 0.3) is 0 Å². The predicted octanol–water partition coefficient (Wildman–Crippen LogP) is 4.27. The van der Waals surface area contributed by atoms with Crippen LogP contribution >= 0.6 is 0 Å². The molecule has 3 aromatic carbocycles. The Morgan fingerprint density at radius 3 is 2.00 bits per heavy atom. The molecule has 0 unspecified atom stereocenters. The van der Waals surface area contributed by atoms with E-state index in [-0.39, 0.29) is 11.1 Å². The highest BCUT2D eigenvalue weighted by atomic mass is 16.4. The monoisotopic (exact) mass is 415 g/mol. The van der Waals surface area contributed by atoms with Crippen LogP contribution in [-0.2, 0) is 0 Å². The summed E-state index contributed by atoms with van der Waals surface area (Å²) in [7, 11) is 0. The van der Waals surface area contributed by atoms with Crippen molar-refractivity contribution in [3.8, 4) is 0 Å². The van der Waals surface area contributed by atoms with E-state index in [0.717, 1.165) is 31.9 Å². The number of piperazine rings is 1. The zero-order valence-electron chi connectivity index (χ0n) is 17.4. The lowest BCUT2D eigenvalue weighted by molar-refractivity contribution is 0.0692. The van der Waals surface area contributed by atoms with Crippen molar-refractivity contribution in [2.45, 2.75) is 6.92 Å². The van der Waals surface area contributed by atoms with E-state index in [0.29, 0.717) is 5.69 Å². The van der Waals surface area contributed by atoms with E-state index in [2.05, 4.69) is 46.3 Å². The Balaban J connectivity index is 1.38. The molecule has 0 aromatic heterocycles. The van der Waals surface area contributed by atoms with Gasteiger partial charge in [0.05, 0.1) is 11.1 Å². The molecule has 3 aromatic rings. The molecular formula is C25H25N3O3. The maximum atomic E-state index is 12.5. The van der Waals surface area contributed by atoms with E-state index in [1.165, 1.54) is 23.4 Å². The van der Waals surface area contributed by atoms with Gasteiger partial charge < -0.3 is 20.2 Å². The number of hydrogen-bond acceptors (Lipinski definition) is 4. The number of nitrogens with zero attached hydrogens (tertiary/aromatic N) is 2. The molecule has 158 valence electrons. The fraction of sp³-hybridized carbons (Fsp3) is 0.200. The second kappa shape index (κ2) is 8.92. The number of nitrogens with one attached hydrogen (secondary N) is 1. The van der Waals surface area contributed by atoms with Crippen molar-refractivity contribution in [3.05, 3.63) is 89.5 Å². The lowest BCUT2D eigenvalue weighted by Crippen LogP contribution is -2.46. The standard InChI is InChI=1S/C25H25N3O3/c1-18-5-4-6-21(17-18)28-15-13-27(14-16-28)20-11-9-19(10-12-20)26-24(29)22-7-2-3-8-23(22)25(30)31/h2-12,17H,13-16H2,1H3,(H,26,29)(H,30,31). The number of carboxylic acid groups (broad SMARTS) is 1. The number of carboxylic acids is 1. The molecular weight excluding hydrogens is 390 g/mol. The minimum Gasteiger partial charge on any atom is -0.478 e. The number of rotatable bonds is 5. The van der Waals surface area contributed by atoms with Crippen LogP contribution in [0, 0.1) is 6.92 Å². The summed E-state index contributed by atoms with van der Waals surface area (Å²) >= 11 is 0. The molecule has 1 heterocycles. The zero-order valence-corrected chi connectivity index (χ0v) is 17.4. The van der Waals surface area contributed by atoms with Gasteiger partial charge in [-0.1, -0.05) is 24.3 Å². The van der Waals surface area contributed by atoms with E-state index in [9.17, 15) is 14.7 Å². The summed E-state index contributed by atoms with van der Waals surface area (Å²) in [4.78, 5) is 28.6. The number of carbonyl (C=O) groups excluding carboxylic acids is 1. The molecule has 1 amide bonds. The molecule has 0 bridgehead atoms. The van der Waals surface area contributed by atoms with Gasteiger partial charge in [0.25, 0.3) is 5.91 Å². The Labute approximate surface area is 181 Å². The summed E-state index contributed by atoms with van der Waals surface area (Å²) < 4.78 is 0. The van der Waals surface area contributed by atoms with Crippen molar-refractivity contribution >= 4 is 28.9 Å². The number of aromatic carboxylic acids is 1. The van der Waals surface area contributed by atoms with Gasteiger partial charge in [0.1, 0.15) is 0 Å². The first-order valence-corrected chi connectivity index (χ1v) is 10.3. The largest absolute Gasteiger partial charge is 0.478 e. The van der Waals surface area contributed by atoms with Crippen LogP contribution in [0.1, 0.15) is 26.3 Å². The first-order valence-electron chi connectivity index (χ1n) is 10.3. The molecule has 4 rings (SSSR count). The zero-order chi connectivity index (χ0) is 21.8. The minimum absolute atomic E-state index is 0.0110. The van der Waals surface area contributed by atoms with Crippen LogP contribution in [0.15, 0.2) is 72.8 Å². The van der Waals surface area contributed by atoms with E-state index >= 15 is 0 Å². The van der Waals surface area contributed by atoms with Crippen LogP contribution in [0.2, 0.25) is 0 Å². The van der Waals surface area contributed by atoms with Crippen LogP contribution in [0.5, 0.6) is 0 Å². The average Bonchev–Trinajstić information content (AvgIpc) is 2.79. The normalized spacial score (nSPS) is 13.7. The summed E-state index contributed by atoms with van der Waals surface area (Å²) in [6.45, 7) is 5.86. The third-order valence-corrected chi connectivity index (χ3v) is 5.54. The summed E-state index contributed by atoms with van der Waals surface area (Å²) in [6.07, 6.45) is 0. The van der Waals surface area contributed by atoms with Crippen molar-refractivity contribution in [3.63, 3.8) is 0 Å². The molecule has 1 saturated heterocycles. The Morgan fingerprint density at radius 2 is 1.39 bits per heavy atom. The topological polar surface area (TPSA) is 72.9 Å². The van der Waals surface area contributed by atoms with Crippen molar-refractivity contribution in [2.75, 3.05) is 41.3 Å². The molecule has 0 atom stereocenters. The van der Waals surface area contributed by atoms with Gasteiger partial charge in [-0.2, -0.15) is 0 Å². The molecule has 0 spiro atoms. The Morgan fingerprint density at radius 1 is 0.774 bits per heavy atom. The lowest BCUT2D eigenvalue weighted by atomic mass is 10.1. The molecule has 31 heavy (non-hydrogen) atoms. The van der Waals surface area contributed by atoms with Gasteiger partial charge in [0.15, 0.2) is 0 Å². The first-order chi connectivity index (χ1) is 15.0. The average molecular weight is 415 g/mol. The molecule has 1 aliphatic rings. The van der Waals surface area contributed by atoms with Crippen molar-refractivity contribution in [1.29, 1.82) is 0 Å². The fourth-order valence-electron chi connectivity index (χ4n) is 3.87. The van der Waals surface area contributed by atoms with Crippen LogP contribution in [0.4, 0.5) is 17.1 Å². The molecule has 6 nitrogen and oxygen atoms in total. The maximum absolute atomic E-state index is 12.5. The second-order valence-corrected chi connectivity index (χ2v) is 7.66. The van der Waals surface area contributed by atoms with E-state index in [4.69, 9.17) is 0 Å². The van der Waals surface area contributed by atoms with Crippen LogP contribution in [-0.4, -0.2) is 43.2 Å². The van der Waals surface area contributed by atoms with E-state index in [1.54, 1.807) is 12.1 Å².